The third-order valence-electron chi connectivity index (χ3n) is 8.21. The van der Waals surface area contributed by atoms with Gasteiger partial charge in [0.15, 0.2) is 11.6 Å². The second-order valence-electron chi connectivity index (χ2n) is 11.9. The van der Waals surface area contributed by atoms with Gasteiger partial charge in [0.05, 0.1) is 0 Å². The van der Waals surface area contributed by atoms with Crippen LogP contribution in [0.5, 0.6) is 0 Å². The van der Waals surface area contributed by atoms with Crippen molar-refractivity contribution in [2.24, 2.45) is 0 Å². The summed E-state index contributed by atoms with van der Waals surface area (Å²) in [4.78, 5) is 57.0. The lowest BCUT2D eigenvalue weighted by Gasteiger charge is -2.22. The Morgan fingerprint density at radius 1 is 0.523 bits per heavy atom. The van der Waals surface area contributed by atoms with Crippen LogP contribution < -0.4 is 10.6 Å². The Balaban J connectivity index is 1.62. The third-order valence-corrected chi connectivity index (χ3v) is 8.21. The first-order chi connectivity index (χ1) is 21.3. The van der Waals surface area contributed by atoms with E-state index in [9.17, 15) is 19.2 Å². The van der Waals surface area contributed by atoms with Gasteiger partial charge in [0, 0.05) is 59.6 Å². The van der Waals surface area contributed by atoms with Crippen LogP contribution in [0.25, 0.3) is 0 Å². The van der Waals surface area contributed by atoms with Gasteiger partial charge in [0.2, 0.25) is 11.8 Å². The van der Waals surface area contributed by atoms with Crippen LogP contribution in [0.3, 0.4) is 0 Å². The molecule has 2 aromatic rings. The number of hydrogen-bond acceptors (Lipinski definition) is 6. The lowest BCUT2D eigenvalue weighted by atomic mass is 9.83. The van der Waals surface area contributed by atoms with E-state index in [-0.39, 0.29) is 34.5 Å². The summed E-state index contributed by atoms with van der Waals surface area (Å²) in [5.74, 6) is -0.762. The Morgan fingerprint density at radius 3 is 1.18 bits per heavy atom. The van der Waals surface area contributed by atoms with E-state index in [1.54, 1.807) is 36.4 Å². The van der Waals surface area contributed by atoms with Crippen LogP contribution in [-0.2, 0) is 9.59 Å². The van der Waals surface area contributed by atoms with Crippen LogP contribution in [0.4, 0.5) is 11.4 Å². The zero-order chi connectivity index (χ0) is 31.9. The highest BCUT2D eigenvalue weighted by atomic mass is 16.2. The molecule has 8 heteroatoms. The summed E-state index contributed by atoms with van der Waals surface area (Å²) < 4.78 is 0. The highest BCUT2D eigenvalue weighted by Gasteiger charge is 2.30. The number of carbonyl (C=O) groups excluding carboxylic acids is 4. The summed E-state index contributed by atoms with van der Waals surface area (Å²) in [7, 11) is 0. The molecule has 0 aromatic heterocycles. The number of carbonyl (C=O) groups is 4. The van der Waals surface area contributed by atoms with Gasteiger partial charge in [0.25, 0.3) is 0 Å². The number of rotatable bonds is 20. The predicted octanol–water partition coefficient (Wildman–Crippen LogP) is 6.92. The number of hydrogen-bond donors (Lipinski definition) is 2. The second kappa shape index (κ2) is 18.4. The van der Waals surface area contributed by atoms with Gasteiger partial charge in [-0.25, -0.2) is 0 Å². The quantitative estimate of drug-likeness (QED) is 0.145. The van der Waals surface area contributed by atoms with E-state index >= 15 is 0 Å². The van der Waals surface area contributed by atoms with E-state index < -0.39 is 0 Å². The topological polar surface area (TPSA) is 98.8 Å². The van der Waals surface area contributed by atoms with E-state index in [2.05, 4.69) is 48.1 Å². The zero-order valence-corrected chi connectivity index (χ0v) is 27.3. The maximum Gasteiger partial charge on any atom is 0.225 e. The highest BCUT2D eigenvalue weighted by molar-refractivity contribution is 6.29. The number of nitrogens with zero attached hydrogens (tertiary/aromatic N) is 2. The monoisotopic (exact) mass is 604 g/mol. The van der Waals surface area contributed by atoms with Crippen molar-refractivity contribution >= 4 is 34.8 Å². The molecular formula is C36H52N4O4. The standard InChI is InChI=1S/C36H52N4O4/c1-5-9-19-39(20-10-6-2)23-17-33(41)37-27-13-15-29-31(25-27)35(43)30-16-14-28(26-32(30)36(29)44)38-34(42)18-24-40(21-11-7-3)22-12-8-4/h13-16,25-26H,5-12,17-24H2,1-4H3,(H,37,41)(H,38,42). The third kappa shape index (κ3) is 10.4. The van der Waals surface area contributed by atoms with Gasteiger partial charge in [-0.3, -0.25) is 19.2 Å². The Morgan fingerprint density at radius 2 is 0.864 bits per heavy atom. The van der Waals surface area contributed by atoms with Crippen molar-refractivity contribution in [2.45, 2.75) is 91.9 Å². The van der Waals surface area contributed by atoms with Gasteiger partial charge in [-0.05, 0) is 88.3 Å². The SMILES string of the molecule is CCCCN(CCCC)CCC(=O)Nc1ccc2c(c1)C(=O)c1ccc(NC(=O)CCN(CCCC)CCCC)cc1C2=O. The molecule has 0 unspecified atom stereocenters. The summed E-state index contributed by atoms with van der Waals surface area (Å²) in [6, 6.07) is 9.76. The predicted molar refractivity (Wildman–Crippen MR) is 179 cm³/mol. The zero-order valence-electron chi connectivity index (χ0n) is 27.3. The van der Waals surface area contributed by atoms with Gasteiger partial charge >= 0.3 is 0 Å². The summed E-state index contributed by atoms with van der Waals surface area (Å²) in [6.07, 6.45) is 9.64. The maximum atomic E-state index is 13.4. The fourth-order valence-corrected chi connectivity index (χ4v) is 5.47. The molecule has 240 valence electrons. The Bertz CT molecular complexity index is 1160. The second-order valence-corrected chi connectivity index (χ2v) is 11.9. The van der Waals surface area contributed by atoms with E-state index in [0.717, 1.165) is 77.5 Å². The Labute approximate surface area is 264 Å². The van der Waals surface area contributed by atoms with Gasteiger partial charge in [-0.1, -0.05) is 53.4 Å². The van der Waals surface area contributed by atoms with Crippen molar-refractivity contribution in [3.05, 3.63) is 58.7 Å². The maximum absolute atomic E-state index is 13.4. The van der Waals surface area contributed by atoms with E-state index in [1.807, 2.05) is 0 Å². The van der Waals surface area contributed by atoms with Crippen LogP contribution in [0.1, 0.15) is 124 Å². The molecule has 0 bridgehead atoms. The van der Waals surface area contributed by atoms with Crippen molar-refractivity contribution in [1.29, 1.82) is 0 Å². The molecule has 2 aromatic carbocycles. The van der Waals surface area contributed by atoms with Crippen LogP contribution in [0, 0.1) is 0 Å². The minimum atomic E-state index is -0.267. The minimum absolute atomic E-state index is 0.114. The smallest absolute Gasteiger partial charge is 0.225 e. The van der Waals surface area contributed by atoms with Gasteiger partial charge in [0.1, 0.15) is 0 Å². The van der Waals surface area contributed by atoms with E-state index in [0.29, 0.717) is 48.4 Å². The molecule has 1 aliphatic rings. The Hall–Kier alpha value is -3.36. The number of amides is 2. The average molecular weight is 605 g/mol. The number of unbranched alkanes of at least 4 members (excludes halogenated alkanes) is 4. The summed E-state index contributed by atoms with van der Waals surface area (Å²) in [6.45, 7) is 14.0. The van der Waals surface area contributed by atoms with Crippen molar-refractivity contribution in [2.75, 3.05) is 49.9 Å². The molecule has 8 nitrogen and oxygen atoms in total. The molecule has 0 saturated carbocycles. The van der Waals surface area contributed by atoms with Crippen LogP contribution in [-0.4, -0.2) is 72.4 Å². The molecule has 0 radical (unpaired) electrons. The van der Waals surface area contributed by atoms with Gasteiger partial charge in [-0.15, -0.1) is 0 Å². The number of ketones is 2. The van der Waals surface area contributed by atoms with Gasteiger partial charge in [-0.2, -0.15) is 0 Å². The van der Waals surface area contributed by atoms with Crippen molar-refractivity contribution < 1.29 is 19.2 Å². The normalized spacial score (nSPS) is 12.4. The van der Waals surface area contributed by atoms with Crippen LogP contribution in [0.2, 0.25) is 0 Å². The number of anilines is 2. The fourth-order valence-electron chi connectivity index (χ4n) is 5.47. The Kier molecular flexibility index (Phi) is 14.7. The molecular weight excluding hydrogens is 552 g/mol. The lowest BCUT2D eigenvalue weighted by Crippen LogP contribution is -2.30. The average Bonchev–Trinajstić information content (AvgIpc) is 3.02. The molecule has 0 atom stereocenters. The lowest BCUT2D eigenvalue weighted by molar-refractivity contribution is -0.117. The fraction of sp³-hybridized carbons (Fsp3) is 0.556. The number of fused-ring (bicyclic) bond motifs is 2. The van der Waals surface area contributed by atoms with Crippen molar-refractivity contribution in [1.82, 2.24) is 9.80 Å². The molecule has 3 rings (SSSR count). The molecule has 0 saturated heterocycles. The first kappa shape index (κ1) is 35.1. The van der Waals surface area contributed by atoms with E-state index in [1.165, 1.54) is 0 Å². The molecule has 0 spiro atoms. The first-order valence-corrected chi connectivity index (χ1v) is 16.7. The van der Waals surface area contributed by atoms with Crippen LogP contribution >= 0.6 is 0 Å². The van der Waals surface area contributed by atoms with E-state index in [4.69, 9.17) is 0 Å². The molecule has 2 amide bonds. The van der Waals surface area contributed by atoms with Gasteiger partial charge < -0.3 is 20.4 Å². The number of benzene rings is 2. The first-order valence-electron chi connectivity index (χ1n) is 16.7. The molecule has 0 heterocycles. The summed E-state index contributed by atoms with van der Waals surface area (Å²) in [5, 5.41) is 5.82. The van der Waals surface area contributed by atoms with Crippen molar-refractivity contribution in [3.63, 3.8) is 0 Å². The molecule has 2 N–H and O–H groups in total. The summed E-state index contributed by atoms with van der Waals surface area (Å²) in [5.41, 5.74) is 2.17. The molecule has 1 aliphatic carbocycles. The van der Waals surface area contributed by atoms with Crippen molar-refractivity contribution in [3.8, 4) is 0 Å². The molecule has 0 fully saturated rings. The molecule has 0 aliphatic heterocycles. The largest absolute Gasteiger partial charge is 0.326 e. The summed E-state index contributed by atoms with van der Waals surface area (Å²) >= 11 is 0. The number of nitrogens with one attached hydrogen (secondary N) is 2. The molecule has 44 heavy (non-hydrogen) atoms. The van der Waals surface area contributed by atoms with Crippen LogP contribution in [0.15, 0.2) is 36.4 Å². The minimum Gasteiger partial charge on any atom is -0.326 e. The highest BCUT2D eigenvalue weighted by Crippen LogP contribution is 2.31.